The molecule has 0 aromatic carbocycles. The van der Waals surface area contributed by atoms with Gasteiger partial charge in [-0.2, -0.15) is 39.5 Å². The number of rotatable bonds is 0. The molecule has 190 valence electrons. The van der Waals surface area contributed by atoms with Crippen LogP contribution < -0.4 is 0 Å². The number of likely N-dealkylation sites (tertiary alicyclic amines) is 1. The molecule has 1 saturated heterocycles. The molecular weight excluding hydrogens is 564 g/mol. The Hall–Kier alpha value is -0.898. The van der Waals surface area contributed by atoms with Crippen LogP contribution in [-0.4, -0.2) is 97.2 Å². The van der Waals surface area contributed by atoms with Gasteiger partial charge in [-0.25, -0.2) is 25.3 Å². The fraction of sp³-hybridized carbons (Fsp3) is 0.875. The number of halogens is 9. The summed E-state index contributed by atoms with van der Waals surface area (Å²) < 4.78 is 177. The minimum absolute atomic E-state index is 0. The van der Waals surface area contributed by atoms with Crippen molar-refractivity contribution in [3.8, 4) is 0 Å². The maximum absolute atomic E-state index is 10.7. The largest absolute Gasteiger partial charge is 3.00 e. The second-order valence-electron chi connectivity index (χ2n) is 4.62. The SMILES string of the molecule is CN1CCCC1=O.O=S(=O)([O-])C(F)(F)F.O=S(=O)([O-])C(F)(F)F.O=S(=O)([O-])C(F)(F)F.[Al+3]. The van der Waals surface area contributed by atoms with E-state index in [2.05, 4.69) is 0 Å². The summed E-state index contributed by atoms with van der Waals surface area (Å²) in [4.78, 5) is 12.3. The predicted molar refractivity (Wildman–Crippen MR) is 79.9 cm³/mol. The first-order chi connectivity index (χ1) is 13.1. The van der Waals surface area contributed by atoms with Crippen molar-refractivity contribution in [3.63, 3.8) is 0 Å². The predicted octanol–water partition coefficient (Wildman–Crippen LogP) is 0.0120. The van der Waals surface area contributed by atoms with E-state index >= 15 is 0 Å². The normalized spacial score (nSPS) is 15.2. The van der Waals surface area contributed by atoms with E-state index in [4.69, 9.17) is 38.9 Å². The van der Waals surface area contributed by atoms with Crippen molar-refractivity contribution in [2.75, 3.05) is 13.6 Å². The molecule has 11 nitrogen and oxygen atoms in total. The first-order valence-corrected chi connectivity index (χ1v) is 10.6. The van der Waals surface area contributed by atoms with Gasteiger partial charge in [0.2, 0.25) is 5.91 Å². The third-order valence-electron chi connectivity index (χ3n) is 2.16. The number of hydrogen-bond donors (Lipinski definition) is 0. The summed E-state index contributed by atoms with van der Waals surface area (Å²) in [5, 5.41) is 0. The quantitative estimate of drug-likeness (QED) is 0.165. The van der Waals surface area contributed by atoms with Gasteiger partial charge in [0, 0.05) is 20.0 Å². The second-order valence-corrected chi connectivity index (χ2v) is 8.73. The molecule has 0 bridgehead atoms. The van der Waals surface area contributed by atoms with Gasteiger partial charge in [-0.15, -0.1) is 0 Å². The number of alkyl halides is 9. The molecule has 0 spiro atoms. The van der Waals surface area contributed by atoms with E-state index in [1.807, 2.05) is 7.05 Å². The van der Waals surface area contributed by atoms with Gasteiger partial charge in [-0.3, -0.25) is 4.79 Å². The molecule has 24 heteroatoms. The van der Waals surface area contributed by atoms with Crippen molar-refractivity contribution in [1.82, 2.24) is 4.90 Å². The van der Waals surface area contributed by atoms with Crippen LogP contribution in [0.25, 0.3) is 0 Å². The molecule has 0 N–H and O–H groups in total. The number of nitrogens with zero attached hydrogens (tertiary/aromatic N) is 1. The molecule has 32 heavy (non-hydrogen) atoms. The van der Waals surface area contributed by atoms with Gasteiger partial charge in [0.05, 0.1) is 0 Å². The zero-order valence-corrected chi connectivity index (χ0v) is 18.5. The topological polar surface area (TPSA) is 192 Å². The summed E-state index contributed by atoms with van der Waals surface area (Å²) in [6.07, 6.45) is 1.81. The molecule has 1 aliphatic rings. The monoisotopic (exact) mass is 573 g/mol. The molecule has 1 amide bonds. The molecule has 1 rings (SSSR count). The van der Waals surface area contributed by atoms with Crippen LogP contribution in [0.4, 0.5) is 39.5 Å². The average molecular weight is 573 g/mol. The summed E-state index contributed by atoms with van der Waals surface area (Å²) in [6, 6.07) is 0. The fourth-order valence-electron chi connectivity index (χ4n) is 0.783. The van der Waals surface area contributed by atoms with Gasteiger partial charge in [0.15, 0.2) is 30.4 Å². The van der Waals surface area contributed by atoms with E-state index < -0.39 is 46.9 Å². The number of amides is 1. The van der Waals surface area contributed by atoms with Crippen molar-refractivity contribution in [2.24, 2.45) is 0 Å². The Morgan fingerprint density at radius 3 is 0.906 bits per heavy atom. The van der Waals surface area contributed by atoms with Crippen LogP contribution in [0, 0.1) is 0 Å². The number of hydrogen-bond acceptors (Lipinski definition) is 10. The number of carbonyl (C=O) groups excluding carboxylic acids is 1. The van der Waals surface area contributed by atoms with Crippen molar-refractivity contribution < 1.29 is 83.2 Å². The van der Waals surface area contributed by atoms with Crippen molar-refractivity contribution in [1.29, 1.82) is 0 Å². The number of carbonyl (C=O) groups is 1. The molecule has 1 aliphatic heterocycles. The molecular formula is C8H9AlF9NO10S3. The van der Waals surface area contributed by atoms with Crippen molar-refractivity contribution >= 4 is 53.6 Å². The van der Waals surface area contributed by atoms with Crippen LogP contribution in [-0.2, 0) is 35.1 Å². The summed E-state index contributed by atoms with van der Waals surface area (Å²) in [7, 11) is -16.4. The molecule has 0 radical (unpaired) electrons. The van der Waals surface area contributed by atoms with Crippen molar-refractivity contribution in [2.45, 2.75) is 29.4 Å². The molecule has 1 heterocycles. The molecule has 0 atom stereocenters. The van der Waals surface area contributed by atoms with Gasteiger partial charge >= 0.3 is 33.9 Å². The molecule has 0 saturated carbocycles. The maximum Gasteiger partial charge on any atom is 3.00 e. The minimum atomic E-state index is -6.09. The molecule has 0 unspecified atom stereocenters. The van der Waals surface area contributed by atoms with Gasteiger partial charge < -0.3 is 18.6 Å². The average Bonchev–Trinajstić information content (AvgIpc) is 2.78. The van der Waals surface area contributed by atoms with Crippen LogP contribution in [0.15, 0.2) is 0 Å². The Labute approximate surface area is 184 Å². The summed E-state index contributed by atoms with van der Waals surface area (Å²) in [6.45, 7) is 0.957. The Kier molecular flexibility index (Phi) is 15.7. The molecule has 0 aromatic rings. The van der Waals surface area contributed by atoms with E-state index in [1.165, 1.54) is 0 Å². The summed E-state index contributed by atoms with van der Waals surface area (Å²) in [5.74, 6) is 0.292. The fourth-order valence-corrected chi connectivity index (χ4v) is 0.783. The third kappa shape index (κ3) is 17.6. The van der Waals surface area contributed by atoms with E-state index in [1.54, 1.807) is 4.90 Å². The van der Waals surface area contributed by atoms with E-state index in [0.717, 1.165) is 19.4 Å². The van der Waals surface area contributed by atoms with Crippen LogP contribution >= 0.6 is 0 Å². The third-order valence-corrected chi connectivity index (χ3v) is 3.86. The van der Waals surface area contributed by atoms with Crippen LogP contribution in [0.1, 0.15) is 12.8 Å². The van der Waals surface area contributed by atoms with Crippen LogP contribution in [0.3, 0.4) is 0 Å². The minimum Gasteiger partial charge on any atom is -0.741 e. The first-order valence-electron chi connectivity index (χ1n) is 6.36. The van der Waals surface area contributed by atoms with Gasteiger partial charge in [0.25, 0.3) is 0 Å². The van der Waals surface area contributed by atoms with Gasteiger partial charge in [-0.05, 0) is 6.42 Å². The Morgan fingerprint density at radius 2 is 0.875 bits per heavy atom. The second kappa shape index (κ2) is 13.1. The van der Waals surface area contributed by atoms with E-state index in [0.29, 0.717) is 5.91 Å². The maximum atomic E-state index is 10.7. The first kappa shape index (κ1) is 38.4. The van der Waals surface area contributed by atoms with Gasteiger partial charge in [-0.1, -0.05) is 0 Å². The zero-order valence-electron chi connectivity index (χ0n) is 14.9. The van der Waals surface area contributed by atoms with Crippen molar-refractivity contribution in [3.05, 3.63) is 0 Å². The Balaban J connectivity index is -0.000000162. The zero-order chi connectivity index (χ0) is 26.3. The smallest absolute Gasteiger partial charge is 0.741 e. The van der Waals surface area contributed by atoms with Crippen LogP contribution in [0.2, 0.25) is 0 Å². The molecule has 0 aliphatic carbocycles. The summed E-state index contributed by atoms with van der Waals surface area (Å²) >= 11 is 0. The van der Waals surface area contributed by atoms with Crippen LogP contribution in [0.5, 0.6) is 0 Å². The standard InChI is InChI=1S/C5H9NO.3CHF3O3S.Al/c1-6-4-2-3-5(6)7;3*2-1(3,4)8(5,6)7;/h2-4H2,1H3;3*(H,5,6,7);/q;;;;+3/p-3. The Morgan fingerprint density at radius 1 is 0.688 bits per heavy atom. The van der Waals surface area contributed by atoms with E-state index in [-0.39, 0.29) is 17.4 Å². The van der Waals surface area contributed by atoms with Gasteiger partial charge in [0.1, 0.15) is 0 Å². The molecule has 1 fully saturated rings. The molecule has 0 aromatic heterocycles. The summed E-state index contributed by atoms with van der Waals surface area (Å²) in [5.41, 5.74) is -16.9. The van der Waals surface area contributed by atoms with E-state index in [9.17, 15) is 44.3 Å². The Bertz CT molecular complexity index is 793.